The van der Waals surface area contributed by atoms with Crippen molar-refractivity contribution in [2.45, 2.75) is 27.3 Å². The Morgan fingerprint density at radius 2 is 2.04 bits per heavy atom. The van der Waals surface area contributed by atoms with Crippen LogP contribution in [0, 0.1) is 19.7 Å². The first kappa shape index (κ1) is 18.7. The van der Waals surface area contributed by atoms with Gasteiger partial charge in [0.25, 0.3) is 5.91 Å². The number of aryl methyl sites for hydroxylation is 1. The molecule has 2 aromatic heterocycles. The highest BCUT2D eigenvalue weighted by Gasteiger charge is 2.22. The molecule has 6 nitrogen and oxygen atoms in total. The SMILES string of the molecule is CCOC(=O)c1[nH]c(C)c(C(=O)NCCn2ccc3ccc(F)cc32)c1C. The lowest BCUT2D eigenvalue weighted by Crippen LogP contribution is -2.28. The van der Waals surface area contributed by atoms with Crippen LogP contribution in [-0.4, -0.2) is 34.6 Å². The third-order valence-corrected chi connectivity index (χ3v) is 4.52. The van der Waals surface area contributed by atoms with Crippen LogP contribution in [0.5, 0.6) is 0 Å². The highest BCUT2D eigenvalue weighted by Crippen LogP contribution is 2.19. The summed E-state index contributed by atoms with van der Waals surface area (Å²) >= 11 is 0. The Balaban J connectivity index is 1.69. The number of nitrogens with one attached hydrogen (secondary N) is 2. The van der Waals surface area contributed by atoms with Gasteiger partial charge < -0.3 is 19.6 Å². The summed E-state index contributed by atoms with van der Waals surface area (Å²) in [6.45, 7) is 6.33. The molecule has 0 aliphatic rings. The largest absolute Gasteiger partial charge is 0.461 e. The maximum atomic E-state index is 13.5. The molecule has 0 spiro atoms. The fourth-order valence-corrected chi connectivity index (χ4v) is 3.23. The number of H-pyrrole nitrogens is 1. The van der Waals surface area contributed by atoms with Gasteiger partial charge in [0.15, 0.2) is 0 Å². The second-order valence-corrected chi connectivity index (χ2v) is 6.31. The molecule has 0 bridgehead atoms. The summed E-state index contributed by atoms with van der Waals surface area (Å²) in [5.74, 6) is -1.03. The van der Waals surface area contributed by atoms with Gasteiger partial charge in [-0.1, -0.05) is 0 Å². The lowest BCUT2D eigenvalue weighted by molar-refractivity contribution is 0.0519. The minimum absolute atomic E-state index is 0.264. The summed E-state index contributed by atoms with van der Waals surface area (Å²) in [6, 6.07) is 6.53. The number of ether oxygens (including phenoxy) is 1. The van der Waals surface area contributed by atoms with E-state index in [9.17, 15) is 14.0 Å². The van der Waals surface area contributed by atoms with Crippen LogP contribution in [0.1, 0.15) is 39.0 Å². The number of aromatic amines is 1. The monoisotopic (exact) mass is 371 g/mol. The van der Waals surface area contributed by atoms with Gasteiger partial charge in [-0.15, -0.1) is 0 Å². The van der Waals surface area contributed by atoms with E-state index in [1.165, 1.54) is 12.1 Å². The molecule has 1 amide bonds. The summed E-state index contributed by atoms with van der Waals surface area (Å²) in [5.41, 5.74) is 2.70. The van der Waals surface area contributed by atoms with Gasteiger partial charge in [0.2, 0.25) is 0 Å². The molecule has 2 heterocycles. The number of hydrogen-bond acceptors (Lipinski definition) is 3. The maximum absolute atomic E-state index is 13.5. The van der Waals surface area contributed by atoms with Crippen LogP contribution in [0.15, 0.2) is 30.5 Å². The third-order valence-electron chi connectivity index (χ3n) is 4.52. The van der Waals surface area contributed by atoms with Gasteiger partial charge in [-0.05, 0) is 56.0 Å². The Morgan fingerprint density at radius 3 is 2.78 bits per heavy atom. The lowest BCUT2D eigenvalue weighted by Gasteiger charge is -2.08. The number of carbonyl (C=O) groups is 2. The van der Waals surface area contributed by atoms with Gasteiger partial charge in [-0.2, -0.15) is 0 Å². The van der Waals surface area contributed by atoms with E-state index in [1.807, 2.05) is 16.8 Å². The molecule has 0 atom stereocenters. The highest BCUT2D eigenvalue weighted by molar-refractivity contribution is 6.01. The van der Waals surface area contributed by atoms with Crippen LogP contribution in [0.3, 0.4) is 0 Å². The summed E-state index contributed by atoms with van der Waals surface area (Å²) in [7, 11) is 0. The molecule has 3 aromatic rings. The Hall–Kier alpha value is -3.09. The van der Waals surface area contributed by atoms with Gasteiger partial charge in [0.05, 0.1) is 17.7 Å². The van der Waals surface area contributed by atoms with Crippen LogP contribution in [-0.2, 0) is 11.3 Å². The summed E-state index contributed by atoms with van der Waals surface area (Å²) in [5, 5.41) is 3.80. The molecule has 0 unspecified atom stereocenters. The molecule has 0 aliphatic heterocycles. The number of rotatable bonds is 6. The fourth-order valence-electron chi connectivity index (χ4n) is 3.23. The van der Waals surface area contributed by atoms with E-state index in [2.05, 4.69) is 10.3 Å². The normalized spacial score (nSPS) is 11.0. The van der Waals surface area contributed by atoms with E-state index in [0.29, 0.717) is 35.6 Å². The first-order valence-electron chi connectivity index (χ1n) is 8.81. The van der Waals surface area contributed by atoms with Crippen LogP contribution >= 0.6 is 0 Å². The zero-order valence-electron chi connectivity index (χ0n) is 15.6. The molecular formula is C20H22FN3O3. The highest BCUT2D eigenvalue weighted by atomic mass is 19.1. The van der Waals surface area contributed by atoms with Gasteiger partial charge in [-0.25, -0.2) is 9.18 Å². The number of carbonyl (C=O) groups excluding carboxylic acids is 2. The summed E-state index contributed by atoms with van der Waals surface area (Å²) in [6.07, 6.45) is 1.86. The van der Waals surface area contributed by atoms with Gasteiger partial charge >= 0.3 is 5.97 Å². The predicted octanol–water partition coefficient (Wildman–Crippen LogP) is 3.33. The van der Waals surface area contributed by atoms with E-state index in [0.717, 1.165) is 10.9 Å². The van der Waals surface area contributed by atoms with Crippen molar-refractivity contribution in [1.29, 1.82) is 0 Å². The topological polar surface area (TPSA) is 76.1 Å². The van der Waals surface area contributed by atoms with Gasteiger partial charge in [-0.3, -0.25) is 4.79 Å². The van der Waals surface area contributed by atoms with Crippen LogP contribution in [0.25, 0.3) is 10.9 Å². The molecule has 1 aromatic carbocycles. The number of hydrogen-bond donors (Lipinski definition) is 2. The van der Waals surface area contributed by atoms with E-state index in [-0.39, 0.29) is 18.3 Å². The van der Waals surface area contributed by atoms with Crippen molar-refractivity contribution >= 4 is 22.8 Å². The van der Waals surface area contributed by atoms with E-state index >= 15 is 0 Å². The minimum Gasteiger partial charge on any atom is -0.461 e. The minimum atomic E-state index is -0.474. The number of esters is 1. The van der Waals surface area contributed by atoms with E-state index in [4.69, 9.17) is 4.74 Å². The first-order valence-corrected chi connectivity index (χ1v) is 8.81. The van der Waals surface area contributed by atoms with E-state index in [1.54, 1.807) is 26.8 Å². The smallest absolute Gasteiger partial charge is 0.355 e. The van der Waals surface area contributed by atoms with Crippen molar-refractivity contribution in [3.63, 3.8) is 0 Å². The van der Waals surface area contributed by atoms with Crippen molar-refractivity contribution in [3.8, 4) is 0 Å². The number of nitrogens with zero attached hydrogens (tertiary/aromatic N) is 1. The maximum Gasteiger partial charge on any atom is 0.355 e. The number of benzene rings is 1. The van der Waals surface area contributed by atoms with Crippen molar-refractivity contribution < 1.29 is 18.7 Å². The standard InChI is InChI=1S/C20H22FN3O3/c1-4-27-20(26)18-12(2)17(13(3)23-18)19(25)22-8-10-24-9-7-14-5-6-15(21)11-16(14)24/h5-7,9,11,23H,4,8,10H2,1-3H3,(H,22,25). The molecule has 142 valence electrons. The molecule has 2 N–H and O–H groups in total. The third kappa shape index (κ3) is 3.72. The second kappa shape index (κ2) is 7.65. The van der Waals surface area contributed by atoms with Crippen molar-refractivity contribution in [2.75, 3.05) is 13.2 Å². The lowest BCUT2D eigenvalue weighted by atomic mass is 10.1. The molecule has 7 heteroatoms. The van der Waals surface area contributed by atoms with Crippen molar-refractivity contribution in [1.82, 2.24) is 14.9 Å². The first-order chi connectivity index (χ1) is 12.9. The zero-order valence-corrected chi connectivity index (χ0v) is 15.6. The Labute approximate surface area is 156 Å². The molecule has 27 heavy (non-hydrogen) atoms. The van der Waals surface area contributed by atoms with Crippen molar-refractivity contribution in [2.24, 2.45) is 0 Å². The van der Waals surface area contributed by atoms with Crippen LogP contribution < -0.4 is 5.32 Å². The number of halogens is 1. The number of fused-ring (bicyclic) bond motifs is 1. The molecule has 0 fully saturated rings. The predicted molar refractivity (Wildman–Crippen MR) is 100 cm³/mol. The van der Waals surface area contributed by atoms with Crippen LogP contribution in [0.4, 0.5) is 4.39 Å². The molecule has 3 rings (SSSR count). The quantitative estimate of drug-likeness (QED) is 0.653. The average molecular weight is 371 g/mol. The second-order valence-electron chi connectivity index (χ2n) is 6.31. The van der Waals surface area contributed by atoms with Gasteiger partial charge in [0.1, 0.15) is 11.5 Å². The van der Waals surface area contributed by atoms with Crippen LogP contribution in [0.2, 0.25) is 0 Å². The summed E-state index contributed by atoms with van der Waals surface area (Å²) in [4.78, 5) is 27.5. The Morgan fingerprint density at radius 1 is 1.26 bits per heavy atom. The Kier molecular flexibility index (Phi) is 5.30. The fraction of sp³-hybridized carbons (Fsp3) is 0.300. The van der Waals surface area contributed by atoms with Crippen molar-refractivity contribution in [3.05, 3.63) is 58.8 Å². The molecular weight excluding hydrogens is 349 g/mol. The molecule has 0 aliphatic carbocycles. The number of amides is 1. The molecule has 0 saturated heterocycles. The zero-order chi connectivity index (χ0) is 19.6. The summed E-state index contributed by atoms with van der Waals surface area (Å²) < 4.78 is 20.3. The molecule has 0 saturated carbocycles. The van der Waals surface area contributed by atoms with Gasteiger partial charge in [0, 0.05) is 25.0 Å². The van der Waals surface area contributed by atoms with E-state index < -0.39 is 5.97 Å². The average Bonchev–Trinajstić information content (AvgIpc) is 3.15. The molecule has 0 radical (unpaired) electrons. The Bertz CT molecular complexity index is 1000. The number of aromatic nitrogens is 2.